The second-order valence-electron chi connectivity index (χ2n) is 5.56. The molecule has 2 heteroatoms. The molecule has 0 radical (unpaired) electrons. The number of allylic oxidation sites excluding steroid dienone is 3. The van der Waals surface area contributed by atoms with Crippen molar-refractivity contribution in [3.63, 3.8) is 0 Å². The first-order valence-electron chi connectivity index (χ1n) is 6.84. The molecule has 2 nitrogen and oxygen atoms in total. The lowest BCUT2D eigenvalue weighted by Gasteiger charge is -2.23. The van der Waals surface area contributed by atoms with Crippen molar-refractivity contribution in [1.82, 2.24) is 5.32 Å². The van der Waals surface area contributed by atoms with E-state index in [1.807, 2.05) is 19.2 Å². The normalized spacial score (nSPS) is 29.3. The summed E-state index contributed by atoms with van der Waals surface area (Å²) in [5, 5.41) is 3.44. The van der Waals surface area contributed by atoms with Gasteiger partial charge in [-0.25, -0.2) is 0 Å². The van der Waals surface area contributed by atoms with Gasteiger partial charge in [-0.2, -0.15) is 0 Å². The van der Waals surface area contributed by atoms with Crippen molar-refractivity contribution in [2.24, 2.45) is 5.92 Å². The highest BCUT2D eigenvalue weighted by molar-refractivity contribution is 6.00. The fraction of sp³-hybridized carbons (Fsp3) is 0.667. The third kappa shape index (κ3) is 3.21. The van der Waals surface area contributed by atoms with Gasteiger partial charge >= 0.3 is 0 Å². The van der Waals surface area contributed by atoms with Crippen molar-refractivity contribution >= 4 is 5.78 Å². The molecule has 1 fully saturated rings. The van der Waals surface area contributed by atoms with Gasteiger partial charge in [-0.3, -0.25) is 4.79 Å². The van der Waals surface area contributed by atoms with E-state index in [2.05, 4.69) is 12.2 Å². The summed E-state index contributed by atoms with van der Waals surface area (Å²) in [5.74, 6) is 0.443. The highest BCUT2D eigenvalue weighted by Crippen LogP contribution is 2.24. The van der Waals surface area contributed by atoms with Gasteiger partial charge in [0.05, 0.1) is 0 Å². The summed E-state index contributed by atoms with van der Waals surface area (Å²) in [6.07, 6.45) is 11.4. The van der Waals surface area contributed by atoms with Crippen LogP contribution in [0.2, 0.25) is 0 Å². The molecule has 1 saturated carbocycles. The zero-order chi connectivity index (χ0) is 12.3. The van der Waals surface area contributed by atoms with Gasteiger partial charge in [-0.15, -0.1) is 0 Å². The molecule has 0 heterocycles. The van der Waals surface area contributed by atoms with Crippen molar-refractivity contribution in [3.8, 4) is 0 Å². The van der Waals surface area contributed by atoms with E-state index in [-0.39, 0.29) is 5.92 Å². The van der Waals surface area contributed by atoms with E-state index in [0.717, 1.165) is 12.0 Å². The van der Waals surface area contributed by atoms with E-state index in [0.29, 0.717) is 11.8 Å². The Balaban J connectivity index is 1.99. The zero-order valence-corrected chi connectivity index (χ0v) is 11.0. The largest absolute Gasteiger partial charge is 0.388 e. The Bertz CT molecular complexity index is 348. The van der Waals surface area contributed by atoms with Gasteiger partial charge in [0, 0.05) is 23.7 Å². The summed E-state index contributed by atoms with van der Waals surface area (Å²) in [6, 6.07) is 0.579. The maximum absolute atomic E-state index is 12.0. The van der Waals surface area contributed by atoms with Crippen LogP contribution in [0.25, 0.3) is 0 Å². The summed E-state index contributed by atoms with van der Waals surface area (Å²) >= 11 is 0. The number of hydrogen-bond acceptors (Lipinski definition) is 2. The Kier molecular flexibility index (Phi) is 4.03. The van der Waals surface area contributed by atoms with Crippen molar-refractivity contribution in [2.75, 3.05) is 0 Å². The first-order chi connectivity index (χ1) is 8.16. The summed E-state index contributed by atoms with van der Waals surface area (Å²) in [7, 11) is 0. The van der Waals surface area contributed by atoms with Crippen LogP contribution in [0.4, 0.5) is 0 Å². The Hall–Kier alpha value is -1.05. The fourth-order valence-electron chi connectivity index (χ4n) is 2.85. The van der Waals surface area contributed by atoms with Crippen LogP contribution in [0.15, 0.2) is 23.4 Å². The number of Topliss-reactive ketones (excluding diaryl/α,β-unsaturated/α-hetero) is 1. The van der Waals surface area contributed by atoms with Crippen LogP contribution in [0.5, 0.6) is 0 Å². The molecule has 0 amide bonds. The van der Waals surface area contributed by atoms with E-state index >= 15 is 0 Å². The molecule has 2 rings (SSSR count). The third-order valence-electron chi connectivity index (χ3n) is 3.84. The van der Waals surface area contributed by atoms with Gasteiger partial charge in [-0.1, -0.05) is 37.8 Å². The van der Waals surface area contributed by atoms with Crippen LogP contribution in [-0.2, 0) is 4.79 Å². The van der Waals surface area contributed by atoms with Crippen LogP contribution in [0, 0.1) is 5.92 Å². The molecule has 0 spiro atoms. The van der Waals surface area contributed by atoms with Crippen LogP contribution >= 0.6 is 0 Å². The number of ketones is 1. The predicted molar refractivity (Wildman–Crippen MR) is 70.6 cm³/mol. The first-order valence-corrected chi connectivity index (χ1v) is 6.84. The van der Waals surface area contributed by atoms with Crippen LogP contribution in [0.1, 0.15) is 52.4 Å². The average molecular weight is 233 g/mol. The van der Waals surface area contributed by atoms with E-state index in [1.54, 1.807) is 0 Å². The maximum Gasteiger partial charge on any atom is 0.167 e. The zero-order valence-electron chi connectivity index (χ0n) is 11.0. The molecule has 0 aliphatic heterocycles. The molecule has 2 aliphatic rings. The summed E-state index contributed by atoms with van der Waals surface area (Å²) in [6.45, 7) is 4.13. The van der Waals surface area contributed by atoms with Crippen molar-refractivity contribution in [2.45, 2.75) is 58.4 Å². The van der Waals surface area contributed by atoms with Gasteiger partial charge in [-0.05, 0) is 26.2 Å². The van der Waals surface area contributed by atoms with Crippen LogP contribution in [-0.4, -0.2) is 11.8 Å². The molecule has 0 aromatic rings. The lowest BCUT2D eigenvalue weighted by Crippen LogP contribution is -2.28. The van der Waals surface area contributed by atoms with Gasteiger partial charge in [0.1, 0.15) is 0 Å². The van der Waals surface area contributed by atoms with E-state index in [9.17, 15) is 4.79 Å². The van der Waals surface area contributed by atoms with Gasteiger partial charge in [0.15, 0.2) is 5.78 Å². The van der Waals surface area contributed by atoms with Crippen molar-refractivity contribution in [1.29, 1.82) is 0 Å². The van der Waals surface area contributed by atoms with E-state index in [4.69, 9.17) is 0 Å². The topological polar surface area (TPSA) is 29.1 Å². The average Bonchev–Trinajstić information content (AvgIpc) is 2.33. The monoisotopic (exact) mass is 233 g/mol. The molecule has 17 heavy (non-hydrogen) atoms. The predicted octanol–water partition coefficient (Wildman–Crippen LogP) is 3.35. The first kappa shape index (κ1) is 12.4. The van der Waals surface area contributed by atoms with Crippen LogP contribution in [0.3, 0.4) is 0 Å². The number of hydrogen-bond donors (Lipinski definition) is 1. The molecule has 2 aliphatic carbocycles. The highest BCUT2D eigenvalue weighted by atomic mass is 16.1. The molecule has 0 saturated heterocycles. The Morgan fingerprint density at radius 3 is 2.71 bits per heavy atom. The molecule has 1 atom stereocenters. The van der Waals surface area contributed by atoms with Crippen molar-refractivity contribution in [3.05, 3.63) is 23.4 Å². The number of rotatable bonds is 2. The number of carbonyl (C=O) groups is 1. The number of nitrogens with one attached hydrogen (secondary N) is 1. The standard InChI is InChI=1S/C15H23NO/c1-11-8-12(2)15(17)13(9-11)10-16-14-6-4-3-5-7-14/h9-10,12,14,16H,3-8H2,1-2H3. The minimum Gasteiger partial charge on any atom is -0.388 e. The third-order valence-corrected chi connectivity index (χ3v) is 3.84. The smallest absolute Gasteiger partial charge is 0.167 e. The molecule has 0 aromatic carbocycles. The summed E-state index contributed by atoms with van der Waals surface area (Å²) < 4.78 is 0. The minimum atomic E-state index is 0.152. The lowest BCUT2D eigenvalue weighted by molar-refractivity contribution is -0.118. The Morgan fingerprint density at radius 2 is 2.00 bits per heavy atom. The molecule has 1 unspecified atom stereocenters. The Morgan fingerprint density at radius 1 is 1.29 bits per heavy atom. The van der Waals surface area contributed by atoms with Gasteiger partial charge in [0.2, 0.25) is 0 Å². The molecule has 0 bridgehead atoms. The van der Waals surface area contributed by atoms with E-state index < -0.39 is 0 Å². The molecule has 1 N–H and O–H groups in total. The van der Waals surface area contributed by atoms with Gasteiger partial charge in [0.25, 0.3) is 0 Å². The SMILES string of the molecule is CC1=CC(=CNC2CCCCC2)C(=O)C(C)C1. The van der Waals surface area contributed by atoms with Gasteiger partial charge < -0.3 is 5.32 Å². The molecular weight excluding hydrogens is 210 g/mol. The molecular formula is C15H23NO. The molecule has 0 aromatic heterocycles. The fourth-order valence-corrected chi connectivity index (χ4v) is 2.85. The highest BCUT2D eigenvalue weighted by Gasteiger charge is 2.22. The quantitative estimate of drug-likeness (QED) is 0.741. The van der Waals surface area contributed by atoms with Crippen molar-refractivity contribution < 1.29 is 4.79 Å². The molecule has 94 valence electrons. The maximum atomic E-state index is 12.0. The minimum absolute atomic E-state index is 0.152. The van der Waals surface area contributed by atoms with E-state index in [1.165, 1.54) is 37.7 Å². The van der Waals surface area contributed by atoms with Crippen LogP contribution < -0.4 is 5.32 Å². The Labute approximate surface area is 104 Å². The number of carbonyl (C=O) groups excluding carboxylic acids is 1. The lowest BCUT2D eigenvalue weighted by atomic mass is 9.87. The second-order valence-corrected chi connectivity index (χ2v) is 5.56. The second kappa shape index (κ2) is 5.52. The summed E-state index contributed by atoms with van der Waals surface area (Å²) in [5.41, 5.74) is 2.18. The summed E-state index contributed by atoms with van der Waals surface area (Å²) in [4.78, 5) is 12.0.